The molecule has 4 aromatic rings. The van der Waals surface area contributed by atoms with Crippen molar-refractivity contribution in [3.63, 3.8) is 0 Å². The van der Waals surface area contributed by atoms with Crippen LogP contribution in [0.3, 0.4) is 0 Å². The molecule has 0 saturated carbocycles. The second-order valence-electron chi connectivity index (χ2n) is 5.65. The van der Waals surface area contributed by atoms with Crippen LogP contribution in [0.4, 0.5) is 17.2 Å². The van der Waals surface area contributed by atoms with Crippen molar-refractivity contribution >= 4 is 39.0 Å². The number of hydrogen-bond donors (Lipinski definition) is 1. The van der Waals surface area contributed by atoms with Crippen LogP contribution < -0.4 is 10.1 Å². The maximum Gasteiger partial charge on any atom is 0.334 e. The molecule has 0 atom stereocenters. The van der Waals surface area contributed by atoms with E-state index in [0.29, 0.717) is 11.5 Å². The van der Waals surface area contributed by atoms with Crippen molar-refractivity contribution in [2.45, 2.75) is 0 Å². The van der Waals surface area contributed by atoms with Crippen molar-refractivity contribution in [3.05, 3.63) is 70.9 Å². The van der Waals surface area contributed by atoms with Gasteiger partial charge in [0.15, 0.2) is 5.75 Å². The van der Waals surface area contributed by atoms with Crippen molar-refractivity contribution in [1.29, 1.82) is 0 Å². The summed E-state index contributed by atoms with van der Waals surface area (Å²) in [6.45, 7) is 0. The lowest BCUT2D eigenvalue weighted by atomic mass is 10.1. The van der Waals surface area contributed by atoms with Crippen LogP contribution in [-0.4, -0.2) is 22.0 Å². The second-order valence-corrected chi connectivity index (χ2v) is 5.65. The molecule has 0 spiro atoms. The van der Waals surface area contributed by atoms with Gasteiger partial charge in [0.2, 0.25) is 0 Å². The fourth-order valence-electron chi connectivity index (χ4n) is 2.91. The number of rotatable bonds is 4. The highest BCUT2D eigenvalue weighted by Gasteiger charge is 2.21. The molecule has 0 aliphatic carbocycles. The number of pyridine rings is 2. The Morgan fingerprint density at radius 1 is 1.00 bits per heavy atom. The zero-order valence-electron chi connectivity index (χ0n) is 13.8. The minimum Gasteiger partial charge on any atom is -0.490 e. The monoisotopic (exact) mass is 346 g/mol. The van der Waals surface area contributed by atoms with Crippen LogP contribution in [0.2, 0.25) is 0 Å². The average molecular weight is 346 g/mol. The molecular formula is C19H14N4O3. The van der Waals surface area contributed by atoms with Crippen LogP contribution in [0.15, 0.2) is 60.8 Å². The van der Waals surface area contributed by atoms with E-state index in [1.807, 2.05) is 30.3 Å². The summed E-state index contributed by atoms with van der Waals surface area (Å²) in [7, 11) is 1.40. The minimum atomic E-state index is -0.473. The average Bonchev–Trinajstić information content (AvgIpc) is 2.67. The maximum absolute atomic E-state index is 11.4. The molecule has 2 aromatic heterocycles. The quantitative estimate of drug-likeness (QED) is 0.334. The van der Waals surface area contributed by atoms with E-state index in [9.17, 15) is 10.1 Å². The predicted molar refractivity (Wildman–Crippen MR) is 100.0 cm³/mol. The third-order valence-corrected chi connectivity index (χ3v) is 4.10. The number of nitro groups is 1. The van der Waals surface area contributed by atoms with E-state index in [0.717, 1.165) is 21.8 Å². The van der Waals surface area contributed by atoms with E-state index in [-0.39, 0.29) is 11.4 Å². The van der Waals surface area contributed by atoms with Crippen LogP contribution in [0.5, 0.6) is 5.75 Å². The SMILES string of the molecule is COc1cccc(Nc2ccc3ccc4cccnc4c3n2)c1[N+](=O)[O-]. The van der Waals surface area contributed by atoms with Gasteiger partial charge in [0.05, 0.1) is 23.1 Å². The molecule has 0 radical (unpaired) electrons. The Kier molecular flexibility index (Phi) is 3.81. The zero-order valence-corrected chi connectivity index (χ0v) is 13.8. The summed E-state index contributed by atoms with van der Waals surface area (Å²) in [5.41, 5.74) is 1.70. The Labute approximate surface area is 148 Å². The summed E-state index contributed by atoms with van der Waals surface area (Å²) in [6, 6.07) is 16.3. The summed E-state index contributed by atoms with van der Waals surface area (Å²) in [6.07, 6.45) is 1.72. The highest BCUT2D eigenvalue weighted by atomic mass is 16.6. The Hall–Kier alpha value is -3.74. The Bertz CT molecular complexity index is 1140. The Morgan fingerprint density at radius 3 is 2.54 bits per heavy atom. The van der Waals surface area contributed by atoms with Crippen molar-refractivity contribution in [2.24, 2.45) is 0 Å². The molecule has 1 N–H and O–H groups in total. The van der Waals surface area contributed by atoms with Crippen molar-refractivity contribution in [3.8, 4) is 5.75 Å². The van der Waals surface area contributed by atoms with Crippen molar-refractivity contribution < 1.29 is 9.66 Å². The number of nitro benzene ring substituents is 1. The van der Waals surface area contributed by atoms with Crippen LogP contribution >= 0.6 is 0 Å². The lowest BCUT2D eigenvalue weighted by molar-refractivity contribution is -0.384. The van der Waals surface area contributed by atoms with Gasteiger partial charge >= 0.3 is 5.69 Å². The first kappa shape index (κ1) is 15.8. The van der Waals surface area contributed by atoms with Gasteiger partial charge in [-0.1, -0.05) is 24.3 Å². The predicted octanol–water partition coefficient (Wildman–Crippen LogP) is 4.44. The number of nitrogens with one attached hydrogen (secondary N) is 1. The number of hydrogen-bond acceptors (Lipinski definition) is 6. The van der Waals surface area contributed by atoms with E-state index in [4.69, 9.17) is 4.74 Å². The topological polar surface area (TPSA) is 90.2 Å². The normalized spacial score (nSPS) is 10.8. The number of para-hydroxylation sites is 1. The molecule has 7 heteroatoms. The molecule has 0 saturated heterocycles. The third-order valence-electron chi connectivity index (χ3n) is 4.10. The van der Waals surface area contributed by atoms with Crippen LogP contribution in [-0.2, 0) is 0 Å². The van der Waals surface area contributed by atoms with Gasteiger partial charge in [-0.2, -0.15) is 0 Å². The number of methoxy groups -OCH3 is 1. The molecule has 0 aliphatic heterocycles. The summed E-state index contributed by atoms with van der Waals surface area (Å²) in [5.74, 6) is 0.680. The standard InChI is InChI=1S/C19H14N4O3/c1-26-15-6-2-5-14(19(15)23(24)25)21-16-10-9-13-8-7-12-4-3-11-20-17(12)18(13)22-16/h2-11H,1H3,(H,21,22). The Morgan fingerprint density at radius 2 is 1.77 bits per heavy atom. The molecule has 128 valence electrons. The van der Waals surface area contributed by atoms with Gasteiger partial charge in [-0.3, -0.25) is 15.1 Å². The molecule has 0 bridgehead atoms. The molecule has 0 aliphatic rings. The zero-order chi connectivity index (χ0) is 18.1. The van der Waals surface area contributed by atoms with Gasteiger partial charge in [0.25, 0.3) is 0 Å². The molecule has 0 unspecified atom stereocenters. The smallest absolute Gasteiger partial charge is 0.334 e. The van der Waals surface area contributed by atoms with Gasteiger partial charge in [-0.15, -0.1) is 0 Å². The largest absolute Gasteiger partial charge is 0.490 e. The first-order valence-electron chi connectivity index (χ1n) is 7.90. The fraction of sp³-hybridized carbons (Fsp3) is 0.0526. The first-order valence-corrected chi connectivity index (χ1v) is 7.90. The summed E-state index contributed by atoms with van der Waals surface area (Å²) in [5, 5.41) is 16.4. The lowest BCUT2D eigenvalue weighted by Gasteiger charge is -2.10. The number of aromatic nitrogens is 2. The van der Waals surface area contributed by atoms with Crippen LogP contribution in [0.1, 0.15) is 0 Å². The Balaban J connectivity index is 1.84. The first-order chi connectivity index (χ1) is 12.7. The van der Waals surface area contributed by atoms with E-state index in [2.05, 4.69) is 15.3 Å². The van der Waals surface area contributed by atoms with E-state index in [1.165, 1.54) is 7.11 Å². The molecule has 26 heavy (non-hydrogen) atoms. The number of anilines is 2. The summed E-state index contributed by atoms with van der Waals surface area (Å²) < 4.78 is 5.10. The van der Waals surface area contributed by atoms with Gasteiger partial charge in [-0.25, -0.2) is 4.98 Å². The number of fused-ring (bicyclic) bond motifs is 3. The second kappa shape index (κ2) is 6.29. The van der Waals surface area contributed by atoms with Crippen LogP contribution in [0, 0.1) is 10.1 Å². The van der Waals surface area contributed by atoms with Gasteiger partial charge in [-0.05, 0) is 30.3 Å². The maximum atomic E-state index is 11.4. The number of ether oxygens (including phenoxy) is 1. The molecule has 2 heterocycles. The van der Waals surface area contributed by atoms with Crippen LogP contribution in [0.25, 0.3) is 21.8 Å². The van der Waals surface area contributed by atoms with E-state index in [1.54, 1.807) is 30.5 Å². The van der Waals surface area contributed by atoms with Gasteiger partial charge in [0.1, 0.15) is 11.5 Å². The minimum absolute atomic E-state index is 0.132. The lowest BCUT2D eigenvalue weighted by Crippen LogP contribution is -2.01. The van der Waals surface area contributed by atoms with Crippen molar-refractivity contribution in [2.75, 3.05) is 12.4 Å². The summed E-state index contributed by atoms with van der Waals surface area (Å²) in [4.78, 5) is 20.0. The highest BCUT2D eigenvalue weighted by molar-refractivity contribution is 6.03. The molecule has 2 aromatic carbocycles. The van der Waals surface area contributed by atoms with E-state index >= 15 is 0 Å². The summed E-state index contributed by atoms with van der Waals surface area (Å²) >= 11 is 0. The molecule has 4 rings (SSSR count). The molecular weight excluding hydrogens is 332 g/mol. The van der Waals surface area contributed by atoms with E-state index < -0.39 is 4.92 Å². The molecule has 0 fully saturated rings. The van der Waals surface area contributed by atoms with Crippen molar-refractivity contribution in [1.82, 2.24) is 9.97 Å². The third kappa shape index (κ3) is 2.65. The fourth-order valence-corrected chi connectivity index (χ4v) is 2.91. The highest BCUT2D eigenvalue weighted by Crippen LogP contribution is 2.36. The van der Waals surface area contributed by atoms with Gasteiger partial charge < -0.3 is 10.1 Å². The number of benzene rings is 2. The van der Waals surface area contributed by atoms with Gasteiger partial charge in [0, 0.05) is 17.0 Å². The molecule has 0 amide bonds. The molecule has 7 nitrogen and oxygen atoms in total. The number of nitrogens with zero attached hydrogens (tertiary/aromatic N) is 3.